The Morgan fingerprint density at radius 3 is 2.41 bits per heavy atom. The van der Waals surface area contributed by atoms with Gasteiger partial charge >= 0.3 is 0 Å². The summed E-state index contributed by atoms with van der Waals surface area (Å²) in [6.07, 6.45) is 10.7. The molecule has 2 fully saturated rings. The SMILES string of the molecule is NCCC1(CN(CCO)C2CCCCC2)CC1. The van der Waals surface area contributed by atoms with Crippen molar-refractivity contribution in [2.24, 2.45) is 11.1 Å². The van der Waals surface area contributed by atoms with E-state index < -0.39 is 0 Å². The van der Waals surface area contributed by atoms with E-state index in [9.17, 15) is 5.11 Å². The third-order valence-electron chi connectivity index (χ3n) is 4.65. The quantitative estimate of drug-likeness (QED) is 0.712. The van der Waals surface area contributed by atoms with E-state index in [0.717, 1.165) is 19.1 Å². The van der Waals surface area contributed by atoms with E-state index in [1.807, 2.05) is 0 Å². The molecule has 0 saturated heterocycles. The van der Waals surface area contributed by atoms with Gasteiger partial charge in [-0.15, -0.1) is 0 Å². The fourth-order valence-electron chi connectivity index (χ4n) is 3.37. The Bertz CT molecular complexity index is 222. The molecule has 3 N–H and O–H groups in total. The van der Waals surface area contributed by atoms with Gasteiger partial charge in [-0.05, 0) is 44.1 Å². The summed E-state index contributed by atoms with van der Waals surface area (Å²) in [6.45, 7) is 3.15. The Morgan fingerprint density at radius 1 is 1.18 bits per heavy atom. The van der Waals surface area contributed by atoms with Gasteiger partial charge in [0.1, 0.15) is 0 Å². The molecule has 17 heavy (non-hydrogen) atoms. The molecular weight excluding hydrogens is 212 g/mol. The fourth-order valence-corrected chi connectivity index (χ4v) is 3.37. The maximum absolute atomic E-state index is 9.25. The highest BCUT2D eigenvalue weighted by Gasteiger charge is 2.43. The van der Waals surface area contributed by atoms with E-state index in [1.54, 1.807) is 0 Å². The van der Waals surface area contributed by atoms with Gasteiger partial charge in [0, 0.05) is 19.1 Å². The van der Waals surface area contributed by atoms with Crippen molar-refractivity contribution in [1.82, 2.24) is 4.90 Å². The Kier molecular flexibility index (Phi) is 4.83. The van der Waals surface area contributed by atoms with Crippen LogP contribution in [0.15, 0.2) is 0 Å². The van der Waals surface area contributed by atoms with Crippen molar-refractivity contribution in [1.29, 1.82) is 0 Å². The summed E-state index contributed by atoms with van der Waals surface area (Å²) in [5.41, 5.74) is 6.23. The topological polar surface area (TPSA) is 49.5 Å². The molecule has 0 atom stereocenters. The minimum Gasteiger partial charge on any atom is -0.395 e. The molecule has 3 nitrogen and oxygen atoms in total. The molecule has 2 aliphatic carbocycles. The first-order chi connectivity index (χ1) is 8.29. The monoisotopic (exact) mass is 240 g/mol. The van der Waals surface area contributed by atoms with Gasteiger partial charge in [0.25, 0.3) is 0 Å². The fraction of sp³-hybridized carbons (Fsp3) is 1.00. The molecule has 0 spiro atoms. The van der Waals surface area contributed by atoms with Gasteiger partial charge in [0.2, 0.25) is 0 Å². The van der Waals surface area contributed by atoms with Crippen LogP contribution in [-0.2, 0) is 0 Å². The minimum atomic E-state index is 0.301. The lowest BCUT2D eigenvalue weighted by Gasteiger charge is -2.36. The molecule has 2 rings (SSSR count). The molecule has 3 heteroatoms. The Balaban J connectivity index is 1.87. The first kappa shape index (κ1) is 13.3. The largest absolute Gasteiger partial charge is 0.395 e. The third-order valence-corrected chi connectivity index (χ3v) is 4.65. The molecule has 2 saturated carbocycles. The maximum Gasteiger partial charge on any atom is 0.0558 e. The average molecular weight is 240 g/mol. The van der Waals surface area contributed by atoms with Gasteiger partial charge in [-0.25, -0.2) is 0 Å². The molecule has 0 unspecified atom stereocenters. The van der Waals surface area contributed by atoms with E-state index in [4.69, 9.17) is 5.73 Å². The molecular formula is C14H28N2O. The van der Waals surface area contributed by atoms with Gasteiger partial charge in [0.05, 0.1) is 6.61 Å². The van der Waals surface area contributed by atoms with Crippen LogP contribution in [0.1, 0.15) is 51.4 Å². The van der Waals surface area contributed by atoms with Crippen LogP contribution >= 0.6 is 0 Å². The third kappa shape index (κ3) is 3.67. The van der Waals surface area contributed by atoms with Gasteiger partial charge in [-0.1, -0.05) is 19.3 Å². The van der Waals surface area contributed by atoms with Gasteiger partial charge < -0.3 is 10.8 Å². The van der Waals surface area contributed by atoms with E-state index in [-0.39, 0.29) is 0 Å². The number of hydrogen-bond acceptors (Lipinski definition) is 3. The van der Waals surface area contributed by atoms with Crippen LogP contribution in [0.3, 0.4) is 0 Å². The van der Waals surface area contributed by atoms with Crippen LogP contribution in [-0.4, -0.2) is 42.3 Å². The number of hydrogen-bond donors (Lipinski definition) is 2. The summed E-state index contributed by atoms with van der Waals surface area (Å²) in [7, 11) is 0. The van der Waals surface area contributed by atoms with Crippen molar-refractivity contribution in [3.63, 3.8) is 0 Å². The van der Waals surface area contributed by atoms with Gasteiger partial charge in [-0.3, -0.25) is 4.90 Å². The lowest BCUT2D eigenvalue weighted by molar-refractivity contribution is 0.0990. The predicted molar refractivity (Wildman–Crippen MR) is 70.9 cm³/mol. The molecule has 0 amide bonds. The smallest absolute Gasteiger partial charge is 0.0558 e. The van der Waals surface area contributed by atoms with Crippen molar-refractivity contribution in [2.75, 3.05) is 26.2 Å². The summed E-state index contributed by atoms with van der Waals surface area (Å²) in [5.74, 6) is 0. The highest BCUT2D eigenvalue weighted by atomic mass is 16.3. The number of aliphatic hydroxyl groups is 1. The van der Waals surface area contributed by atoms with Crippen molar-refractivity contribution >= 4 is 0 Å². The lowest BCUT2D eigenvalue weighted by atomic mass is 9.92. The second-order valence-corrected chi connectivity index (χ2v) is 6.02. The molecule has 0 aromatic carbocycles. The van der Waals surface area contributed by atoms with Crippen LogP contribution in [0, 0.1) is 5.41 Å². The average Bonchev–Trinajstić information content (AvgIpc) is 3.10. The molecule has 100 valence electrons. The molecule has 0 aliphatic heterocycles. The first-order valence-electron chi connectivity index (χ1n) is 7.35. The lowest BCUT2D eigenvalue weighted by Crippen LogP contribution is -2.42. The zero-order valence-corrected chi connectivity index (χ0v) is 11.0. The summed E-state index contributed by atoms with van der Waals surface area (Å²) in [4.78, 5) is 2.56. The molecule has 0 aromatic heterocycles. The van der Waals surface area contributed by atoms with E-state index >= 15 is 0 Å². The first-order valence-corrected chi connectivity index (χ1v) is 7.35. The Morgan fingerprint density at radius 2 is 1.88 bits per heavy atom. The Hall–Kier alpha value is -0.120. The van der Waals surface area contributed by atoms with Crippen LogP contribution in [0.5, 0.6) is 0 Å². The summed E-state index contributed by atoms with van der Waals surface area (Å²) >= 11 is 0. The van der Waals surface area contributed by atoms with Crippen molar-refractivity contribution in [2.45, 2.75) is 57.4 Å². The van der Waals surface area contributed by atoms with Crippen LogP contribution in [0.4, 0.5) is 0 Å². The zero-order chi connectivity index (χ0) is 12.1. The zero-order valence-electron chi connectivity index (χ0n) is 11.0. The Labute approximate surface area is 105 Å². The minimum absolute atomic E-state index is 0.301. The molecule has 2 aliphatic rings. The number of aliphatic hydroxyl groups excluding tert-OH is 1. The van der Waals surface area contributed by atoms with E-state index in [0.29, 0.717) is 12.0 Å². The second-order valence-electron chi connectivity index (χ2n) is 6.02. The summed E-state index contributed by atoms with van der Waals surface area (Å²) in [6, 6.07) is 0.728. The molecule has 0 bridgehead atoms. The van der Waals surface area contributed by atoms with Crippen LogP contribution in [0.2, 0.25) is 0 Å². The van der Waals surface area contributed by atoms with Crippen molar-refractivity contribution < 1.29 is 5.11 Å². The van der Waals surface area contributed by atoms with Crippen molar-refractivity contribution in [3.05, 3.63) is 0 Å². The van der Waals surface area contributed by atoms with Gasteiger partial charge in [-0.2, -0.15) is 0 Å². The highest BCUT2D eigenvalue weighted by Crippen LogP contribution is 2.49. The number of nitrogens with zero attached hydrogens (tertiary/aromatic N) is 1. The van der Waals surface area contributed by atoms with E-state index in [1.165, 1.54) is 57.9 Å². The number of rotatable bonds is 7. The highest BCUT2D eigenvalue weighted by molar-refractivity contribution is 4.96. The molecule has 0 radical (unpaired) electrons. The normalized spacial score (nSPS) is 24.2. The second kappa shape index (κ2) is 6.17. The molecule has 0 aromatic rings. The standard InChI is InChI=1S/C14H28N2O/c15-9-8-14(6-7-14)12-16(10-11-17)13-4-2-1-3-5-13/h13,17H,1-12,15H2. The predicted octanol–water partition coefficient (Wildman–Crippen LogP) is 1.74. The van der Waals surface area contributed by atoms with E-state index in [2.05, 4.69) is 4.90 Å². The van der Waals surface area contributed by atoms with Crippen LogP contribution < -0.4 is 5.73 Å². The summed E-state index contributed by atoms with van der Waals surface area (Å²) < 4.78 is 0. The maximum atomic E-state index is 9.25. The van der Waals surface area contributed by atoms with Gasteiger partial charge in [0.15, 0.2) is 0 Å². The van der Waals surface area contributed by atoms with Crippen LogP contribution in [0.25, 0.3) is 0 Å². The molecule has 0 heterocycles. The summed E-state index contributed by atoms with van der Waals surface area (Å²) in [5, 5.41) is 9.25. The number of nitrogens with two attached hydrogens (primary N) is 1. The van der Waals surface area contributed by atoms with Crippen molar-refractivity contribution in [3.8, 4) is 0 Å².